The normalized spacial score (nSPS) is 24.4. The molecule has 0 amide bonds. The van der Waals surface area contributed by atoms with Crippen LogP contribution in [-0.4, -0.2) is 30.1 Å². The summed E-state index contributed by atoms with van der Waals surface area (Å²) in [5.41, 5.74) is 10.2. The fourth-order valence-electron chi connectivity index (χ4n) is 3.30. The number of allylic oxidation sites excluding steroid dienone is 2. The van der Waals surface area contributed by atoms with Crippen LogP contribution >= 0.6 is 12.4 Å². The van der Waals surface area contributed by atoms with Gasteiger partial charge >= 0.3 is 5.97 Å². The zero-order chi connectivity index (χ0) is 18.1. The molecular weight excluding hydrogens is 345 g/mol. The second-order valence-electron chi connectivity index (χ2n) is 6.28. The van der Waals surface area contributed by atoms with E-state index < -0.39 is 23.8 Å². The van der Waals surface area contributed by atoms with Gasteiger partial charge in [-0.2, -0.15) is 0 Å². The van der Waals surface area contributed by atoms with Crippen molar-refractivity contribution in [3.8, 4) is 0 Å². The summed E-state index contributed by atoms with van der Waals surface area (Å²) in [5, 5.41) is 9.03. The smallest absolute Gasteiger partial charge is 0.304 e. The number of nitrogens with two attached hydrogens (primary N) is 1. The van der Waals surface area contributed by atoms with E-state index in [0.29, 0.717) is 5.57 Å². The summed E-state index contributed by atoms with van der Waals surface area (Å²) in [5.74, 6) is -4.04. The van der Waals surface area contributed by atoms with E-state index in [1.807, 2.05) is 38.1 Å². The molecule has 0 aliphatic heterocycles. The first-order valence-corrected chi connectivity index (χ1v) is 7.90. The highest BCUT2D eigenvalue weighted by Crippen LogP contribution is 2.45. The summed E-state index contributed by atoms with van der Waals surface area (Å²) in [7, 11) is 1.28. The van der Waals surface area contributed by atoms with E-state index in [4.69, 9.17) is 15.6 Å². The van der Waals surface area contributed by atoms with Gasteiger partial charge in [-0.15, -0.1) is 12.4 Å². The number of rotatable bonds is 5. The van der Waals surface area contributed by atoms with Crippen LogP contribution in [-0.2, 0) is 9.53 Å². The van der Waals surface area contributed by atoms with Crippen molar-refractivity contribution in [2.45, 2.75) is 39.1 Å². The molecule has 1 aromatic carbocycles. The van der Waals surface area contributed by atoms with Gasteiger partial charge in [0.2, 0.25) is 5.85 Å². The maximum atomic E-state index is 15.5. The van der Waals surface area contributed by atoms with Gasteiger partial charge in [-0.25, -0.2) is 4.39 Å². The average Bonchev–Trinajstić information content (AvgIpc) is 2.53. The topological polar surface area (TPSA) is 72.5 Å². The lowest BCUT2D eigenvalue weighted by Gasteiger charge is -2.39. The molecule has 6 heteroatoms. The fraction of sp³-hybridized carbons (Fsp3) is 0.421. The van der Waals surface area contributed by atoms with E-state index in [-0.39, 0.29) is 18.8 Å². The van der Waals surface area contributed by atoms with Gasteiger partial charge in [-0.1, -0.05) is 30.3 Å². The van der Waals surface area contributed by atoms with Gasteiger partial charge in [0.25, 0.3) is 0 Å². The molecule has 0 saturated heterocycles. The number of aryl methyl sites for hydroxylation is 1. The first-order valence-electron chi connectivity index (χ1n) is 7.90. The number of carboxylic acids is 1. The third kappa shape index (κ3) is 3.94. The highest BCUT2D eigenvalue weighted by Gasteiger charge is 2.47. The molecule has 0 bridgehead atoms. The predicted molar refractivity (Wildman–Crippen MR) is 99.3 cm³/mol. The van der Waals surface area contributed by atoms with Crippen molar-refractivity contribution < 1.29 is 19.0 Å². The Morgan fingerprint density at radius 2 is 1.96 bits per heavy atom. The maximum absolute atomic E-state index is 15.5. The molecule has 3 atom stereocenters. The third-order valence-electron chi connectivity index (χ3n) is 4.86. The number of halogens is 2. The number of alkyl halides is 1. The summed E-state index contributed by atoms with van der Waals surface area (Å²) < 4.78 is 20.7. The highest BCUT2D eigenvalue weighted by molar-refractivity contribution is 5.85. The lowest BCUT2D eigenvalue weighted by atomic mass is 9.75. The van der Waals surface area contributed by atoms with E-state index in [0.717, 1.165) is 22.3 Å². The third-order valence-corrected chi connectivity index (χ3v) is 4.86. The van der Waals surface area contributed by atoms with Crippen LogP contribution in [0, 0.1) is 12.8 Å². The Kier molecular flexibility index (Phi) is 6.94. The number of carbonyl (C=O) groups is 1. The number of hydrogen-bond acceptors (Lipinski definition) is 3. The van der Waals surface area contributed by atoms with Crippen molar-refractivity contribution in [3.05, 3.63) is 52.6 Å². The van der Waals surface area contributed by atoms with Gasteiger partial charge < -0.3 is 15.6 Å². The zero-order valence-corrected chi connectivity index (χ0v) is 15.7. The number of ether oxygens (including phenoxy) is 1. The molecule has 4 nitrogen and oxygen atoms in total. The molecular formula is C19H25ClFNO3. The number of benzene rings is 1. The van der Waals surface area contributed by atoms with E-state index >= 15 is 4.39 Å². The molecule has 138 valence electrons. The quantitative estimate of drug-likeness (QED) is 0.826. The molecule has 3 unspecified atom stereocenters. The van der Waals surface area contributed by atoms with Gasteiger partial charge in [0.1, 0.15) is 0 Å². The fourth-order valence-corrected chi connectivity index (χ4v) is 3.30. The van der Waals surface area contributed by atoms with Crippen molar-refractivity contribution in [1.29, 1.82) is 0 Å². The van der Waals surface area contributed by atoms with E-state index in [9.17, 15) is 4.79 Å². The Bertz CT molecular complexity index is 716. The van der Waals surface area contributed by atoms with Gasteiger partial charge in [0.15, 0.2) is 0 Å². The summed E-state index contributed by atoms with van der Waals surface area (Å²) in [6, 6.07) is 6.92. The maximum Gasteiger partial charge on any atom is 0.304 e. The second kappa shape index (κ2) is 8.13. The van der Waals surface area contributed by atoms with Gasteiger partial charge in [-0.3, -0.25) is 4.79 Å². The standard InChI is InChI=1S/C19H24FNO3.ClH/c1-11-7-5-6-8-14(11)15-9-16(17(21)10-18(22)23)19(20,24-4)13(3)12(15)2;/h5-9,16-17H,10,21H2,1-4H3,(H,22,23);1H. The van der Waals surface area contributed by atoms with Crippen LogP contribution in [0.15, 0.2) is 41.5 Å². The minimum atomic E-state index is -2.11. The Hall–Kier alpha value is -1.69. The monoisotopic (exact) mass is 369 g/mol. The lowest BCUT2D eigenvalue weighted by molar-refractivity contribution is -0.142. The van der Waals surface area contributed by atoms with Gasteiger partial charge in [0.05, 0.1) is 12.3 Å². The number of hydrogen-bond donors (Lipinski definition) is 2. The average molecular weight is 370 g/mol. The van der Waals surface area contributed by atoms with E-state index in [1.54, 1.807) is 13.0 Å². The van der Waals surface area contributed by atoms with Gasteiger partial charge in [-0.05, 0) is 48.6 Å². The number of aliphatic carboxylic acids is 1. The predicted octanol–water partition coefficient (Wildman–Crippen LogP) is 3.88. The number of carboxylic acid groups (broad SMARTS) is 1. The van der Waals surface area contributed by atoms with Crippen molar-refractivity contribution in [3.63, 3.8) is 0 Å². The largest absolute Gasteiger partial charge is 0.481 e. The molecule has 3 N–H and O–H groups in total. The zero-order valence-electron chi connectivity index (χ0n) is 14.9. The highest BCUT2D eigenvalue weighted by atomic mass is 35.5. The Morgan fingerprint density at radius 3 is 2.48 bits per heavy atom. The molecule has 0 saturated carbocycles. The first kappa shape index (κ1) is 21.4. The van der Waals surface area contributed by atoms with Crippen molar-refractivity contribution >= 4 is 23.9 Å². The molecule has 1 aliphatic carbocycles. The minimum Gasteiger partial charge on any atom is -0.481 e. The molecule has 0 fully saturated rings. The van der Waals surface area contributed by atoms with Crippen molar-refractivity contribution in [2.24, 2.45) is 11.7 Å². The van der Waals surface area contributed by atoms with Crippen molar-refractivity contribution in [1.82, 2.24) is 0 Å². The van der Waals surface area contributed by atoms with Crippen molar-refractivity contribution in [2.75, 3.05) is 7.11 Å². The van der Waals surface area contributed by atoms with Crippen LogP contribution in [0.1, 0.15) is 31.4 Å². The lowest BCUT2D eigenvalue weighted by Crippen LogP contribution is -2.48. The second-order valence-corrected chi connectivity index (χ2v) is 6.28. The summed E-state index contributed by atoms with van der Waals surface area (Å²) >= 11 is 0. The van der Waals surface area contributed by atoms with Crippen LogP contribution in [0.2, 0.25) is 0 Å². The van der Waals surface area contributed by atoms with E-state index in [2.05, 4.69) is 0 Å². The molecule has 1 aliphatic rings. The van der Waals surface area contributed by atoms with Gasteiger partial charge in [0, 0.05) is 13.2 Å². The first-order chi connectivity index (χ1) is 11.2. The number of methoxy groups -OCH3 is 1. The minimum absolute atomic E-state index is 0. The van der Waals surface area contributed by atoms with Crippen LogP contribution < -0.4 is 5.73 Å². The summed E-state index contributed by atoms with van der Waals surface area (Å²) in [4.78, 5) is 11.0. The Balaban J connectivity index is 0.00000312. The van der Waals surface area contributed by atoms with E-state index in [1.165, 1.54) is 7.11 Å². The molecule has 2 rings (SSSR count). The molecule has 25 heavy (non-hydrogen) atoms. The van der Waals surface area contributed by atoms with Crippen LogP contribution in [0.4, 0.5) is 4.39 Å². The molecule has 0 spiro atoms. The molecule has 0 aromatic heterocycles. The van der Waals surface area contributed by atoms with Crippen LogP contribution in [0.5, 0.6) is 0 Å². The molecule has 1 aromatic rings. The Labute approximate surface area is 154 Å². The van der Waals surface area contributed by atoms with Crippen LogP contribution in [0.3, 0.4) is 0 Å². The molecule has 0 heterocycles. The summed E-state index contributed by atoms with van der Waals surface area (Å²) in [6.45, 7) is 5.50. The Morgan fingerprint density at radius 1 is 1.36 bits per heavy atom. The molecule has 0 radical (unpaired) electrons. The van der Waals surface area contributed by atoms with Crippen LogP contribution in [0.25, 0.3) is 5.57 Å². The summed E-state index contributed by atoms with van der Waals surface area (Å²) in [6.07, 6.45) is 1.39. The SMILES string of the molecule is COC1(F)C(C)=C(C)C(c2ccccc2C)=CC1C(N)CC(=O)O.Cl.